The van der Waals surface area contributed by atoms with Gasteiger partial charge in [0.25, 0.3) is 0 Å². The molecular formula is C17H25Cl2NO3S. The van der Waals surface area contributed by atoms with Crippen molar-refractivity contribution in [2.45, 2.75) is 45.4 Å². The highest BCUT2D eigenvalue weighted by Crippen LogP contribution is 2.29. The van der Waals surface area contributed by atoms with Crippen LogP contribution in [-0.2, 0) is 20.0 Å². The first-order valence-corrected chi connectivity index (χ1v) is 10.6. The summed E-state index contributed by atoms with van der Waals surface area (Å²) in [4.78, 5) is 12.0. The molecule has 0 spiro atoms. The van der Waals surface area contributed by atoms with Gasteiger partial charge in [-0.2, -0.15) is 0 Å². The van der Waals surface area contributed by atoms with Crippen LogP contribution < -0.4 is 5.32 Å². The lowest BCUT2D eigenvalue weighted by Gasteiger charge is -2.26. The molecule has 0 aromatic heterocycles. The van der Waals surface area contributed by atoms with Gasteiger partial charge in [0.1, 0.15) is 5.75 Å². The Kier molecular flexibility index (Phi) is 8.03. The van der Waals surface area contributed by atoms with Gasteiger partial charge in [0.15, 0.2) is 9.84 Å². The van der Waals surface area contributed by atoms with Gasteiger partial charge in [-0.1, -0.05) is 62.9 Å². The second-order valence-electron chi connectivity index (χ2n) is 6.59. The summed E-state index contributed by atoms with van der Waals surface area (Å²) in [6.07, 6.45) is 2.39. The predicted octanol–water partition coefficient (Wildman–Crippen LogP) is 3.99. The van der Waals surface area contributed by atoms with Gasteiger partial charge in [-0.15, -0.1) is 0 Å². The molecule has 0 heterocycles. The van der Waals surface area contributed by atoms with Crippen LogP contribution >= 0.6 is 23.2 Å². The van der Waals surface area contributed by atoms with E-state index in [9.17, 15) is 13.2 Å². The summed E-state index contributed by atoms with van der Waals surface area (Å²) in [6.45, 7) is 6.21. The van der Waals surface area contributed by atoms with E-state index in [-0.39, 0.29) is 5.75 Å². The third-order valence-electron chi connectivity index (χ3n) is 3.84. The largest absolute Gasteiger partial charge is 0.354 e. The number of sulfone groups is 1. The molecule has 0 unspecified atom stereocenters. The highest BCUT2D eigenvalue weighted by Gasteiger charge is 2.24. The van der Waals surface area contributed by atoms with E-state index < -0.39 is 26.9 Å². The van der Waals surface area contributed by atoms with E-state index in [1.807, 2.05) is 26.8 Å². The van der Waals surface area contributed by atoms with Crippen molar-refractivity contribution < 1.29 is 13.2 Å². The summed E-state index contributed by atoms with van der Waals surface area (Å²) in [5.41, 5.74) is 0.526. The Morgan fingerprint density at radius 2 is 1.83 bits per heavy atom. The first kappa shape index (κ1) is 21.3. The molecule has 1 N–H and O–H groups in total. The second-order valence-corrected chi connectivity index (χ2v) is 9.59. The maximum atomic E-state index is 12.0. The van der Waals surface area contributed by atoms with Crippen molar-refractivity contribution in [1.82, 2.24) is 5.32 Å². The molecule has 4 nitrogen and oxygen atoms in total. The first-order valence-electron chi connectivity index (χ1n) is 8.00. The van der Waals surface area contributed by atoms with Gasteiger partial charge in [-0.05, 0) is 24.1 Å². The lowest BCUT2D eigenvalue weighted by atomic mass is 9.84. The SMILES string of the molecule is CCCCCS(=O)(=O)CC(=O)NCC(C)(C)c1ccc(Cl)c(Cl)c1. The lowest BCUT2D eigenvalue weighted by Crippen LogP contribution is -2.39. The zero-order chi connectivity index (χ0) is 18.4. The van der Waals surface area contributed by atoms with Crippen LogP contribution in [0.3, 0.4) is 0 Å². The quantitative estimate of drug-likeness (QED) is 0.644. The summed E-state index contributed by atoms with van der Waals surface area (Å²) in [7, 11) is -3.35. The van der Waals surface area contributed by atoms with Crippen molar-refractivity contribution >= 4 is 38.9 Å². The van der Waals surface area contributed by atoms with Crippen LogP contribution in [0.2, 0.25) is 10.0 Å². The van der Waals surface area contributed by atoms with Gasteiger partial charge in [0.05, 0.1) is 15.8 Å². The number of carbonyl (C=O) groups is 1. The van der Waals surface area contributed by atoms with Gasteiger partial charge in [-0.3, -0.25) is 4.79 Å². The fraction of sp³-hybridized carbons (Fsp3) is 0.588. The van der Waals surface area contributed by atoms with E-state index in [4.69, 9.17) is 23.2 Å². The minimum Gasteiger partial charge on any atom is -0.354 e. The van der Waals surface area contributed by atoms with Crippen molar-refractivity contribution in [2.75, 3.05) is 18.1 Å². The number of halogens is 2. The van der Waals surface area contributed by atoms with E-state index in [0.717, 1.165) is 18.4 Å². The average molecular weight is 394 g/mol. The summed E-state index contributed by atoms with van der Waals surface area (Å²) in [6, 6.07) is 5.32. The summed E-state index contributed by atoms with van der Waals surface area (Å²) < 4.78 is 23.8. The minimum atomic E-state index is -3.35. The number of rotatable bonds is 9. The molecule has 1 aromatic carbocycles. The van der Waals surface area contributed by atoms with E-state index in [2.05, 4.69) is 5.32 Å². The van der Waals surface area contributed by atoms with Gasteiger partial charge in [0, 0.05) is 12.0 Å². The topological polar surface area (TPSA) is 63.2 Å². The van der Waals surface area contributed by atoms with Gasteiger partial charge in [0.2, 0.25) is 5.91 Å². The lowest BCUT2D eigenvalue weighted by molar-refractivity contribution is -0.118. The fourth-order valence-corrected chi connectivity index (χ4v) is 3.82. The van der Waals surface area contributed by atoms with Gasteiger partial charge in [-0.25, -0.2) is 8.42 Å². The highest BCUT2D eigenvalue weighted by atomic mass is 35.5. The smallest absolute Gasteiger partial charge is 0.235 e. The Labute approximate surface area is 154 Å². The Hall–Kier alpha value is -0.780. The van der Waals surface area contributed by atoms with Crippen LogP contribution in [0.5, 0.6) is 0 Å². The molecule has 0 saturated heterocycles. The van der Waals surface area contributed by atoms with Crippen molar-refractivity contribution in [1.29, 1.82) is 0 Å². The normalized spacial score (nSPS) is 12.2. The van der Waals surface area contributed by atoms with E-state index >= 15 is 0 Å². The van der Waals surface area contributed by atoms with Crippen LogP contribution in [0.1, 0.15) is 45.6 Å². The predicted molar refractivity (Wildman–Crippen MR) is 101 cm³/mol. The zero-order valence-electron chi connectivity index (χ0n) is 14.4. The van der Waals surface area contributed by atoms with Crippen LogP contribution in [-0.4, -0.2) is 32.4 Å². The number of unbranched alkanes of at least 4 members (excludes halogenated alkanes) is 2. The summed E-state index contributed by atoms with van der Waals surface area (Å²) in [5.74, 6) is -0.877. The Balaban J connectivity index is 2.60. The fourth-order valence-electron chi connectivity index (χ4n) is 2.23. The molecular weight excluding hydrogens is 369 g/mol. The molecule has 1 amide bonds. The Bertz CT molecular complexity index is 672. The third-order valence-corrected chi connectivity index (χ3v) is 6.19. The molecule has 0 bridgehead atoms. The second kappa shape index (κ2) is 9.07. The molecule has 1 rings (SSSR count). The minimum absolute atomic E-state index is 0.0600. The van der Waals surface area contributed by atoms with Crippen molar-refractivity contribution in [3.05, 3.63) is 33.8 Å². The number of hydrogen-bond donors (Lipinski definition) is 1. The number of nitrogens with one attached hydrogen (secondary N) is 1. The molecule has 136 valence electrons. The van der Waals surface area contributed by atoms with Crippen molar-refractivity contribution in [3.63, 3.8) is 0 Å². The molecule has 0 aliphatic heterocycles. The molecule has 1 aromatic rings. The summed E-state index contributed by atoms with van der Waals surface area (Å²) in [5, 5.41) is 3.63. The third kappa shape index (κ3) is 6.99. The highest BCUT2D eigenvalue weighted by molar-refractivity contribution is 7.92. The molecule has 0 radical (unpaired) electrons. The van der Waals surface area contributed by atoms with Crippen LogP contribution in [0, 0.1) is 0 Å². The first-order chi connectivity index (χ1) is 11.1. The van der Waals surface area contributed by atoms with Crippen LogP contribution in [0.4, 0.5) is 0 Å². The molecule has 0 aliphatic carbocycles. The van der Waals surface area contributed by atoms with E-state index in [1.54, 1.807) is 12.1 Å². The van der Waals surface area contributed by atoms with E-state index in [1.165, 1.54) is 0 Å². The average Bonchev–Trinajstić information content (AvgIpc) is 2.47. The monoisotopic (exact) mass is 393 g/mol. The molecule has 0 fully saturated rings. The maximum absolute atomic E-state index is 12.0. The molecule has 0 aliphatic rings. The van der Waals surface area contributed by atoms with Gasteiger partial charge < -0.3 is 5.32 Å². The summed E-state index contributed by atoms with van der Waals surface area (Å²) >= 11 is 11.9. The van der Waals surface area contributed by atoms with Crippen molar-refractivity contribution in [2.24, 2.45) is 0 Å². The number of carbonyl (C=O) groups excluding carboxylic acids is 1. The number of hydrogen-bond acceptors (Lipinski definition) is 3. The Morgan fingerprint density at radius 3 is 2.42 bits per heavy atom. The van der Waals surface area contributed by atoms with Crippen LogP contribution in [0.15, 0.2) is 18.2 Å². The van der Waals surface area contributed by atoms with Crippen molar-refractivity contribution in [3.8, 4) is 0 Å². The van der Waals surface area contributed by atoms with Gasteiger partial charge >= 0.3 is 0 Å². The number of benzene rings is 1. The number of amides is 1. The maximum Gasteiger partial charge on any atom is 0.235 e. The van der Waals surface area contributed by atoms with E-state index in [0.29, 0.717) is 23.0 Å². The molecule has 0 saturated carbocycles. The molecule has 0 atom stereocenters. The van der Waals surface area contributed by atoms with Crippen LogP contribution in [0.25, 0.3) is 0 Å². The molecule has 24 heavy (non-hydrogen) atoms. The zero-order valence-corrected chi connectivity index (χ0v) is 16.7. The molecule has 7 heteroatoms. The Morgan fingerprint density at radius 1 is 1.17 bits per heavy atom. The standard InChI is InChI=1S/C17H25Cl2NO3S/c1-4-5-6-9-24(22,23)11-16(21)20-12-17(2,3)13-7-8-14(18)15(19)10-13/h7-8,10H,4-6,9,11-12H2,1-3H3,(H,20,21).